The monoisotopic (exact) mass is 291 g/mol. The number of hydrogen-bond donors (Lipinski definition) is 2. The van der Waals surface area contributed by atoms with Gasteiger partial charge in [-0.2, -0.15) is 0 Å². The second-order valence-corrected chi connectivity index (χ2v) is 4.62. The molecule has 20 heavy (non-hydrogen) atoms. The van der Waals surface area contributed by atoms with E-state index in [9.17, 15) is 4.79 Å². The van der Waals surface area contributed by atoms with Crippen LogP contribution < -0.4 is 15.8 Å². The van der Waals surface area contributed by atoms with Crippen LogP contribution in [-0.4, -0.2) is 17.5 Å². The summed E-state index contributed by atoms with van der Waals surface area (Å²) < 4.78 is 5.32. The van der Waals surface area contributed by atoms with Crippen LogP contribution in [0, 0.1) is 6.92 Å². The van der Waals surface area contributed by atoms with E-state index in [-0.39, 0.29) is 18.3 Å². The average molecular weight is 292 g/mol. The normalized spacial score (nSPS) is 10.1. The fourth-order valence-corrected chi connectivity index (χ4v) is 1.78. The minimum absolute atomic E-state index is 0.151. The molecule has 0 bridgehead atoms. The molecule has 0 aliphatic carbocycles. The van der Waals surface area contributed by atoms with Gasteiger partial charge in [-0.3, -0.25) is 4.79 Å². The molecule has 0 fully saturated rings. The zero-order valence-corrected chi connectivity index (χ0v) is 11.6. The zero-order chi connectivity index (χ0) is 14.5. The second kappa shape index (κ2) is 6.25. The van der Waals surface area contributed by atoms with E-state index in [1.807, 2.05) is 6.92 Å². The first-order valence-corrected chi connectivity index (χ1v) is 6.34. The highest BCUT2D eigenvalue weighted by molar-refractivity contribution is 6.30. The molecule has 2 aromatic rings. The number of pyridine rings is 1. The SMILES string of the molecule is Cc1ccc(OCC(=O)Nc2cccc(Cl)c2)c(N)n1. The van der Waals surface area contributed by atoms with Crippen molar-refractivity contribution < 1.29 is 9.53 Å². The van der Waals surface area contributed by atoms with E-state index in [1.54, 1.807) is 36.4 Å². The Balaban J connectivity index is 1.92. The number of rotatable bonds is 4. The standard InChI is InChI=1S/C14H14ClN3O2/c1-9-5-6-12(14(16)17-9)20-8-13(19)18-11-4-2-3-10(15)7-11/h2-7H,8H2,1H3,(H2,16,17)(H,18,19). The summed E-state index contributed by atoms with van der Waals surface area (Å²) in [7, 11) is 0. The third kappa shape index (κ3) is 3.86. The number of halogens is 1. The van der Waals surface area contributed by atoms with E-state index >= 15 is 0 Å². The minimum Gasteiger partial charge on any atom is -0.480 e. The van der Waals surface area contributed by atoms with Gasteiger partial charge in [0.1, 0.15) is 0 Å². The summed E-state index contributed by atoms with van der Waals surface area (Å²) in [5.41, 5.74) is 7.10. The highest BCUT2D eigenvalue weighted by Gasteiger charge is 2.07. The summed E-state index contributed by atoms with van der Waals surface area (Å²) in [5.74, 6) is 0.352. The van der Waals surface area contributed by atoms with Gasteiger partial charge >= 0.3 is 0 Å². The smallest absolute Gasteiger partial charge is 0.262 e. The lowest BCUT2D eigenvalue weighted by Crippen LogP contribution is -2.20. The van der Waals surface area contributed by atoms with Crippen LogP contribution in [0.15, 0.2) is 36.4 Å². The molecule has 0 atom stereocenters. The Labute approximate surface area is 121 Å². The molecule has 1 amide bonds. The predicted molar refractivity (Wildman–Crippen MR) is 79.0 cm³/mol. The van der Waals surface area contributed by atoms with Crippen molar-refractivity contribution in [1.29, 1.82) is 0 Å². The third-order valence-corrected chi connectivity index (χ3v) is 2.73. The molecule has 0 unspecified atom stereocenters. The molecule has 104 valence electrons. The lowest BCUT2D eigenvalue weighted by atomic mass is 10.3. The van der Waals surface area contributed by atoms with Crippen molar-refractivity contribution >= 4 is 29.0 Å². The maximum atomic E-state index is 11.7. The quantitative estimate of drug-likeness (QED) is 0.908. The molecule has 2 rings (SSSR count). The van der Waals surface area contributed by atoms with Crippen LogP contribution in [0.1, 0.15) is 5.69 Å². The number of carbonyl (C=O) groups is 1. The number of amides is 1. The van der Waals surface area contributed by atoms with Crippen LogP contribution in [0.3, 0.4) is 0 Å². The Morgan fingerprint density at radius 1 is 1.40 bits per heavy atom. The van der Waals surface area contributed by atoms with Gasteiger partial charge in [0.15, 0.2) is 18.2 Å². The highest BCUT2D eigenvalue weighted by Crippen LogP contribution is 2.19. The van der Waals surface area contributed by atoms with Gasteiger partial charge in [0, 0.05) is 16.4 Å². The molecule has 1 heterocycles. The van der Waals surface area contributed by atoms with Gasteiger partial charge in [0.25, 0.3) is 5.91 Å². The molecular weight excluding hydrogens is 278 g/mol. The lowest BCUT2D eigenvalue weighted by Gasteiger charge is -2.09. The molecule has 0 aliphatic rings. The van der Waals surface area contributed by atoms with Crippen LogP contribution >= 0.6 is 11.6 Å². The molecule has 6 heteroatoms. The molecule has 0 aliphatic heterocycles. The van der Waals surface area contributed by atoms with Gasteiger partial charge in [-0.15, -0.1) is 0 Å². The molecule has 0 radical (unpaired) electrons. The molecule has 0 spiro atoms. The van der Waals surface area contributed by atoms with Crippen LogP contribution in [0.4, 0.5) is 11.5 Å². The van der Waals surface area contributed by atoms with Crippen LogP contribution in [0.2, 0.25) is 5.02 Å². The number of anilines is 2. The van der Waals surface area contributed by atoms with E-state index in [0.29, 0.717) is 16.5 Å². The van der Waals surface area contributed by atoms with Crippen molar-refractivity contribution in [2.45, 2.75) is 6.92 Å². The average Bonchev–Trinajstić information content (AvgIpc) is 2.37. The van der Waals surface area contributed by atoms with E-state index < -0.39 is 0 Å². The minimum atomic E-state index is -0.299. The fraction of sp³-hybridized carbons (Fsp3) is 0.143. The summed E-state index contributed by atoms with van der Waals surface area (Å²) >= 11 is 5.83. The van der Waals surface area contributed by atoms with Gasteiger partial charge in [0.05, 0.1) is 0 Å². The van der Waals surface area contributed by atoms with Gasteiger partial charge in [0.2, 0.25) is 0 Å². The van der Waals surface area contributed by atoms with Crippen LogP contribution in [0.5, 0.6) is 5.75 Å². The van der Waals surface area contributed by atoms with Gasteiger partial charge < -0.3 is 15.8 Å². The highest BCUT2D eigenvalue weighted by atomic mass is 35.5. The Kier molecular flexibility index (Phi) is 4.42. The topological polar surface area (TPSA) is 77.2 Å². The molecule has 0 saturated carbocycles. The Morgan fingerprint density at radius 3 is 2.90 bits per heavy atom. The van der Waals surface area contributed by atoms with Crippen LogP contribution in [0.25, 0.3) is 0 Å². The summed E-state index contributed by atoms with van der Waals surface area (Å²) in [6.07, 6.45) is 0. The van der Waals surface area contributed by atoms with Crippen LogP contribution in [-0.2, 0) is 4.79 Å². The number of benzene rings is 1. The number of aryl methyl sites for hydroxylation is 1. The first kappa shape index (κ1) is 14.1. The molecular formula is C14H14ClN3O2. The fourth-order valence-electron chi connectivity index (χ4n) is 1.59. The summed E-state index contributed by atoms with van der Waals surface area (Å²) in [6, 6.07) is 10.3. The number of ether oxygens (including phenoxy) is 1. The first-order valence-electron chi connectivity index (χ1n) is 5.96. The van der Waals surface area contributed by atoms with Crippen molar-refractivity contribution in [2.75, 3.05) is 17.7 Å². The molecule has 3 N–H and O–H groups in total. The van der Waals surface area contributed by atoms with E-state index in [1.165, 1.54) is 0 Å². The molecule has 1 aromatic heterocycles. The number of nitrogens with zero attached hydrogens (tertiary/aromatic N) is 1. The van der Waals surface area contributed by atoms with E-state index in [4.69, 9.17) is 22.1 Å². The van der Waals surface area contributed by atoms with E-state index in [2.05, 4.69) is 10.3 Å². The number of aromatic nitrogens is 1. The Bertz CT molecular complexity index is 632. The Hall–Kier alpha value is -2.27. The lowest BCUT2D eigenvalue weighted by molar-refractivity contribution is -0.118. The zero-order valence-electron chi connectivity index (χ0n) is 10.9. The van der Waals surface area contributed by atoms with Crippen molar-refractivity contribution in [3.63, 3.8) is 0 Å². The predicted octanol–water partition coefficient (Wildman–Crippen LogP) is 2.64. The number of carbonyl (C=O) groups excluding carboxylic acids is 1. The molecule has 1 aromatic carbocycles. The summed E-state index contributed by atoms with van der Waals surface area (Å²) in [6.45, 7) is 1.67. The largest absolute Gasteiger partial charge is 0.480 e. The molecule has 0 saturated heterocycles. The van der Waals surface area contributed by atoms with Crippen molar-refractivity contribution in [3.05, 3.63) is 47.1 Å². The van der Waals surface area contributed by atoms with Crippen molar-refractivity contribution in [3.8, 4) is 5.75 Å². The number of nitrogens with two attached hydrogens (primary N) is 1. The van der Waals surface area contributed by atoms with Crippen molar-refractivity contribution in [2.24, 2.45) is 0 Å². The Morgan fingerprint density at radius 2 is 2.20 bits per heavy atom. The molecule has 5 nitrogen and oxygen atoms in total. The maximum Gasteiger partial charge on any atom is 0.262 e. The number of nitrogen functional groups attached to an aromatic ring is 1. The first-order chi connectivity index (χ1) is 9.54. The number of hydrogen-bond acceptors (Lipinski definition) is 4. The maximum absolute atomic E-state index is 11.7. The third-order valence-electron chi connectivity index (χ3n) is 2.49. The van der Waals surface area contributed by atoms with Gasteiger partial charge in [-0.1, -0.05) is 17.7 Å². The second-order valence-electron chi connectivity index (χ2n) is 4.18. The van der Waals surface area contributed by atoms with Gasteiger partial charge in [-0.25, -0.2) is 4.98 Å². The van der Waals surface area contributed by atoms with Crippen molar-refractivity contribution in [1.82, 2.24) is 4.98 Å². The summed E-state index contributed by atoms with van der Waals surface area (Å²) in [4.78, 5) is 15.8. The van der Waals surface area contributed by atoms with E-state index in [0.717, 1.165) is 5.69 Å². The van der Waals surface area contributed by atoms with Gasteiger partial charge in [-0.05, 0) is 37.3 Å². The summed E-state index contributed by atoms with van der Waals surface area (Å²) in [5, 5.41) is 3.23. The number of nitrogens with one attached hydrogen (secondary N) is 1.